The molecule has 0 atom stereocenters. The third kappa shape index (κ3) is 5.07. The number of hydrogen-bond donors (Lipinski definition) is 0. The Kier molecular flexibility index (Phi) is 6.45. The standard InChI is InChI=1S/C12H19NO4/c1-3-7-13(12(14)15-4-2)8-5-6-11-16-9-10-17-11/h11H,3-4,7-10H2,1-2H3. The van der Waals surface area contributed by atoms with Crippen LogP contribution in [0.25, 0.3) is 0 Å². The van der Waals surface area contributed by atoms with Gasteiger partial charge in [-0.05, 0) is 19.3 Å². The third-order valence-electron chi connectivity index (χ3n) is 2.13. The van der Waals surface area contributed by atoms with Crippen LogP contribution in [0, 0.1) is 11.8 Å². The second-order valence-electron chi connectivity index (χ2n) is 3.52. The first kappa shape index (κ1) is 13.8. The van der Waals surface area contributed by atoms with E-state index >= 15 is 0 Å². The fraction of sp³-hybridized carbons (Fsp3) is 0.750. The molecule has 0 radical (unpaired) electrons. The Morgan fingerprint density at radius 1 is 1.41 bits per heavy atom. The van der Waals surface area contributed by atoms with Gasteiger partial charge in [-0.2, -0.15) is 0 Å². The highest BCUT2D eigenvalue weighted by molar-refractivity contribution is 5.67. The number of hydrogen-bond acceptors (Lipinski definition) is 4. The lowest BCUT2D eigenvalue weighted by Gasteiger charge is -2.18. The molecule has 1 aliphatic heterocycles. The van der Waals surface area contributed by atoms with E-state index in [4.69, 9.17) is 14.2 Å². The van der Waals surface area contributed by atoms with Gasteiger partial charge in [0.2, 0.25) is 6.29 Å². The van der Waals surface area contributed by atoms with Crippen LogP contribution in [0.4, 0.5) is 4.79 Å². The summed E-state index contributed by atoms with van der Waals surface area (Å²) in [5.74, 6) is 5.70. The highest BCUT2D eigenvalue weighted by atomic mass is 16.7. The summed E-state index contributed by atoms with van der Waals surface area (Å²) in [6, 6.07) is 0. The van der Waals surface area contributed by atoms with Crippen molar-refractivity contribution >= 4 is 6.09 Å². The Balaban J connectivity index is 2.39. The SMILES string of the molecule is CCCN(CC#CC1OCCO1)C(=O)OCC. The van der Waals surface area contributed by atoms with Crippen molar-refractivity contribution in [2.24, 2.45) is 0 Å². The number of rotatable bonds is 4. The Morgan fingerprint density at radius 2 is 2.12 bits per heavy atom. The van der Waals surface area contributed by atoms with E-state index in [1.807, 2.05) is 6.92 Å². The van der Waals surface area contributed by atoms with E-state index in [-0.39, 0.29) is 6.09 Å². The van der Waals surface area contributed by atoms with Gasteiger partial charge in [-0.1, -0.05) is 12.8 Å². The summed E-state index contributed by atoms with van der Waals surface area (Å²) in [4.78, 5) is 13.1. The fourth-order valence-electron chi connectivity index (χ4n) is 1.39. The van der Waals surface area contributed by atoms with Gasteiger partial charge in [-0.25, -0.2) is 4.79 Å². The van der Waals surface area contributed by atoms with Gasteiger partial charge >= 0.3 is 6.09 Å². The van der Waals surface area contributed by atoms with Crippen molar-refractivity contribution in [3.63, 3.8) is 0 Å². The first-order valence-electron chi connectivity index (χ1n) is 5.91. The average molecular weight is 241 g/mol. The summed E-state index contributed by atoms with van der Waals surface area (Å²) >= 11 is 0. The second kappa shape index (κ2) is 7.93. The molecule has 0 unspecified atom stereocenters. The van der Waals surface area contributed by atoms with Gasteiger partial charge in [0, 0.05) is 6.54 Å². The maximum absolute atomic E-state index is 11.5. The molecule has 1 amide bonds. The minimum atomic E-state index is -0.444. The van der Waals surface area contributed by atoms with Crippen LogP contribution in [0.5, 0.6) is 0 Å². The number of amides is 1. The minimum absolute atomic E-state index is 0.322. The average Bonchev–Trinajstić information content (AvgIpc) is 2.81. The van der Waals surface area contributed by atoms with Gasteiger partial charge in [-0.15, -0.1) is 0 Å². The van der Waals surface area contributed by atoms with E-state index in [0.29, 0.717) is 32.9 Å². The molecule has 1 heterocycles. The molecule has 17 heavy (non-hydrogen) atoms. The zero-order valence-electron chi connectivity index (χ0n) is 10.4. The van der Waals surface area contributed by atoms with E-state index in [0.717, 1.165) is 6.42 Å². The molecule has 0 N–H and O–H groups in total. The molecule has 5 nitrogen and oxygen atoms in total. The van der Waals surface area contributed by atoms with Gasteiger partial charge in [0.25, 0.3) is 0 Å². The topological polar surface area (TPSA) is 48.0 Å². The van der Waals surface area contributed by atoms with Crippen LogP contribution in [-0.4, -0.2) is 50.2 Å². The molecule has 0 aliphatic carbocycles. The summed E-state index contributed by atoms with van der Waals surface area (Å²) in [5.41, 5.74) is 0. The van der Waals surface area contributed by atoms with Crippen molar-refractivity contribution in [1.29, 1.82) is 0 Å². The van der Waals surface area contributed by atoms with Crippen LogP contribution >= 0.6 is 0 Å². The second-order valence-corrected chi connectivity index (χ2v) is 3.52. The van der Waals surface area contributed by atoms with E-state index in [1.54, 1.807) is 11.8 Å². The smallest absolute Gasteiger partial charge is 0.410 e. The molecular formula is C12H19NO4. The van der Waals surface area contributed by atoms with Crippen molar-refractivity contribution < 1.29 is 19.0 Å². The molecule has 0 spiro atoms. The maximum Gasteiger partial charge on any atom is 0.410 e. The number of nitrogens with zero attached hydrogens (tertiary/aromatic N) is 1. The van der Waals surface area contributed by atoms with E-state index in [9.17, 15) is 4.79 Å². The summed E-state index contributed by atoms with van der Waals surface area (Å²) in [7, 11) is 0. The van der Waals surface area contributed by atoms with Gasteiger partial charge in [0.1, 0.15) is 0 Å². The van der Waals surface area contributed by atoms with Crippen molar-refractivity contribution in [1.82, 2.24) is 4.90 Å². The highest BCUT2D eigenvalue weighted by Gasteiger charge is 2.14. The minimum Gasteiger partial charge on any atom is -0.450 e. The molecule has 0 aromatic heterocycles. The van der Waals surface area contributed by atoms with Gasteiger partial charge in [0.15, 0.2) is 0 Å². The molecular weight excluding hydrogens is 222 g/mol. The lowest BCUT2D eigenvalue weighted by molar-refractivity contribution is 0.00631. The summed E-state index contributed by atoms with van der Waals surface area (Å²) in [5, 5.41) is 0. The number of carbonyl (C=O) groups excluding carboxylic acids is 1. The molecule has 1 saturated heterocycles. The van der Waals surface area contributed by atoms with Crippen LogP contribution < -0.4 is 0 Å². The number of ether oxygens (including phenoxy) is 3. The van der Waals surface area contributed by atoms with Gasteiger partial charge in [0.05, 0.1) is 26.4 Å². The van der Waals surface area contributed by atoms with Crippen LogP contribution in [0.3, 0.4) is 0 Å². The van der Waals surface area contributed by atoms with Crippen LogP contribution in [0.2, 0.25) is 0 Å². The Hall–Kier alpha value is -1.25. The molecule has 0 aromatic rings. The molecule has 0 bridgehead atoms. The van der Waals surface area contributed by atoms with Crippen LogP contribution in [0.15, 0.2) is 0 Å². The van der Waals surface area contributed by atoms with E-state index in [2.05, 4.69) is 11.8 Å². The number of carbonyl (C=O) groups is 1. The quantitative estimate of drug-likeness (QED) is 0.695. The summed E-state index contributed by atoms with van der Waals surface area (Å²) in [6.45, 7) is 6.31. The van der Waals surface area contributed by atoms with Crippen LogP contribution in [0.1, 0.15) is 20.3 Å². The normalized spacial score (nSPS) is 15.2. The Labute approximate surface area is 102 Å². The van der Waals surface area contributed by atoms with Crippen molar-refractivity contribution in [2.45, 2.75) is 26.6 Å². The Bertz CT molecular complexity index is 289. The highest BCUT2D eigenvalue weighted by Crippen LogP contribution is 2.01. The molecule has 0 aromatic carbocycles. The lowest BCUT2D eigenvalue weighted by Crippen LogP contribution is -2.32. The zero-order chi connectivity index (χ0) is 12.5. The lowest BCUT2D eigenvalue weighted by atomic mass is 10.4. The molecule has 5 heteroatoms. The predicted molar refractivity (Wildman–Crippen MR) is 62.4 cm³/mol. The summed E-state index contributed by atoms with van der Waals surface area (Å²) in [6.07, 6.45) is 0.106. The molecule has 96 valence electrons. The molecule has 1 fully saturated rings. The van der Waals surface area contributed by atoms with E-state index in [1.165, 1.54) is 0 Å². The molecule has 0 saturated carbocycles. The maximum atomic E-state index is 11.5. The fourth-order valence-corrected chi connectivity index (χ4v) is 1.39. The first-order chi connectivity index (χ1) is 8.27. The van der Waals surface area contributed by atoms with Crippen molar-refractivity contribution in [2.75, 3.05) is 32.9 Å². The van der Waals surface area contributed by atoms with Crippen molar-refractivity contribution in [3.8, 4) is 11.8 Å². The van der Waals surface area contributed by atoms with Crippen LogP contribution in [-0.2, 0) is 14.2 Å². The van der Waals surface area contributed by atoms with E-state index < -0.39 is 6.29 Å². The summed E-state index contributed by atoms with van der Waals surface area (Å²) < 4.78 is 15.3. The largest absolute Gasteiger partial charge is 0.450 e. The Morgan fingerprint density at radius 3 is 2.71 bits per heavy atom. The third-order valence-corrected chi connectivity index (χ3v) is 2.13. The predicted octanol–water partition coefficient (Wildman–Crippen LogP) is 1.23. The monoisotopic (exact) mass is 241 g/mol. The molecule has 1 rings (SSSR count). The van der Waals surface area contributed by atoms with Crippen molar-refractivity contribution in [3.05, 3.63) is 0 Å². The first-order valence-corrected chi connectivity index (χ1v) is 5.91. The van der Waals surface area contributed by atoms with Gasteiger partial charge in [-0.3, -0.25) is 4.90 Å². The molecule has 1 aliphatic rings. The van der Waals surface area contributed by atoms with Gasteiger partial charge < -0.3 is 14.2 Å². The zero-order valence-corrected chi connectivity index (χ0v) is 10.4.